The number of nitrogens with one attached hydrogen (secondary N) is 1. The summed E-state index contributed by atoms with van der Waals surface area (Å²) in [4.78, 5) is 21.8. The van der Waals surface area contributed by atoms with Crippen LogP contribution in [-0.2, 0) is 6.18 Å². The Bertz CT molecular complexity index is 1150. The summed E-state index contributed by atoms with van der Waals surface area (Å²) in [6, 6.07) is 5.99. The Hall–Kier alpha value is -3.05. The lowest BCUT2D eigenvalue weighted by atomic mass is 10.2. The van der Waals surface area contributed by atoms with Crippen molar-refractivity contribution >= 4 is 33.7 Å². The Balaban J connectivity index is 1.53. The molecular formula is C18H12F3N5OS2. The van der Waals surface area contributed by atoms with E-state index in [9.17, 15) is 18.0 Å². The lowest BCUT2D eigenvalue weighted by Crippen LogP contribution is -2.13. The average Bonchev–Trinajstić information content (AvgIpc) is 3.41. The van der Waals surface area contributed by atoms with Crippen LogP contribution < -0.4 is 5.32 Å². The molecule has 4 aromatic rings. The monoisotopic (exact) mass is 435 g/mol. The van der Waals surface area contributed by atoms with Crippen LogP contribution in [0, 0.1) is 6.92 Å². The standard InChI is InChI=1S/C18H12F3N5OS2/c1-10-12(8-23-26(10)15-5-4-11(7-22-15)18(19,20)21)16(27)25-17-24-13(9-29-17)14-3-2-6-28-14/h2-9H,1H3,(H,24,25,27). The minimum Gasteiger partial charge on any atom is -0.298 e. The number of hydrogen-bond acceptors (Lipinski definition) is 6. The smallest absolute Gasteiger partial charge is 0.298 e. The molecule has 6 nitrogen and oxygen atoms in total. The van der Waals surface area contributed by atoms with Gasteiger partial charge in [0.2, 0.25) is 0 Å². The highest BCUT2D eigenvalue weighted by atomic mass is 32.1. The van der Waals surface area contributed by atoms with Gasteiger partial charge in [-0.2, -0.15) is 18.3 Å². The van der Waals surface area contributed by atoms with Gasteiger partial charge in [0.25, 0.3) is 5.91 Å². The summed E-state index contributed by atoms with van der Waals surface area (Å²) < 4.78 is 39.4. The van der Waals surface area contributed by atoms with Crippen LogP contribution in [0.15, 0.2) is 47.4 Å². The highest BCUT2D eigenvalue weighted by molar-refractivity contribution is 7.16. The number of anilines is 1. The lowest BCUT2D eigenvalue weighted by Gasteiger charge is -2.08. The van der Waals surface area contributed by atoms with E-state index in [1.807, 2.05) is 22.9 Å². The molecule has 0 aliphatic heterocycles. The first-order chi connectivity index (χ1) is 13.8. The van der Waals surface area contributed by atoms with Crippen LogP contribution in [0.25, 0.3) is 16.4 Å². The predicted octanol–water partition coefficient (Wildman–Crippen LogP) is 5.03. The molecule has 0 saturated heterocycles. The number of thiazole rings is 1. The number of hydrogen-bond donors (Lipinski definition) is 1. The minimum absolute atomic E-state index is 0.184. The molecule has 0 atom stereocenters. The average molecular weight is 435 g/mol. The van der Waals surface area contributed by atoms with Crippen molar-refractivity contribution in [3.05, 3.63) is 64.2 Å². The first-order valence-corrected chi connectivity index (χ1v) is 9.98. The van der Waals surface area contributed by atoms with Gasteiger partial charge in [-0.3, -0.25) is 10.1 Å². The van der Waals surface area contributed by atoms with E-state index in [1.165, 1.54) is 28.3 Å². The number of thiophene rings is 1. The summed E-state index contributed by atoms with van der Waals surface area (Å²) >= 11 is 2.85. The zero-order valence-corrected chi connectivity index (χ0v) is 16.4. The summed E-state index contributed by atoms with van der Waals surface area (Å²) in [6.45, 7) is 1.64. The Morgan fingerprint density at radius 1 is 1.17 bits per heavy atom. The zero-order valence-electron chi connectivity index (χ0n) is 14.8. The quantitative estimate of drug-likeness (QED) is 0.488. The van der Waals surface area contributed by atoms with Crippen molar-refractivity contribution in [1.29, 1.82) is 0 Å². The summed E-state index contributed by atoms with van der Waals surface area (Å²) in [7, 11) is 0. The maximum absolute atomic E-state index is 12.7. The molecule has 4 heterocycles. The van der Waals surface area contributed by atoms with Gasteiger partial charge >= 0.3 is 6.18 Å². The van der Waals surface area contributed by atoms with Crippen molar-refractivity contribution < 1.29 is 18.0 Å². The summed E-state index contributed by atoms with van der Waals surface area (Å²) in [5.74, 6) is -0.225. The van der Waals surface area contributed by atoms with Crippen molar-refractivity contribution in [3.63, 3.8) is 0 Å². The topological polar surface area (TPSA) is 72.7 Å². The highest BCUT2D eigenvalue weighted by Crippen LogP contribution is 2.30. The molecule has 4 rings (SSSR count). The molecule has 0 bridgehead atoms. The fraction of sp³-hybridized carbons (Fsp3) is 0.111. The van der Waals surface area contributed by atoms with E-state index in [4.69, 9.17) is 0 Å². The summed E-state index contributed by atoms with van der Waals surface area (Å²) in [5, 5.41) is 11.0. The molecule has 0 radical (unpaired) electrons. The number of amides is 1. The summed E-state index contributed by atoms with van der Waals surface area (Å²) in [6.07, 6.45) is -2.39. The van der Waals surface area contributed by atoms with Crippen molar-refractivity contribution in [2.45, 2.75) is 13.1 Å². The molecule has 0 aliphatic carbocycles. The number of rotatable bonds is 4. The second-order valence-electron chi connectivity index (χ2n) is 5.93. The van der Waals surface area contributed by atoms with Gasteiger partial charge in [0, 0.05) is 11.6 Å². The maximum atomic E-state index is 12.7. The fourth-order valence-electron chi connectivity index (χ4n) is 2.58. The second kappa shape index (κ2) is 7.41. The van der Waals surface area contributed by atoms with Gasteiger partial charge in [0.05, 0.1) is 33.6 Å². The van der Waals surface area contributed by atoms with Gasteiger partial charge in [-0.05, 0) is 30.5 Å². The molecule has 4 aromatic heterocycles. The molecule has 0 saturated carbocycles. The number of nitrogens with zero attached hydrogens (tertiary/aromatic N) is 4. The number of pyridine rings is 1. The number of alkyl halides is 3. The third-order valence-electron chi connectivity index (χ3n) is 4.04. The van der Waals surface area contributed by atoms with Gasteiger partial charge in [-0.15, -0.1) is 22.7 Å². The van der Waals surface area contributed by atoms with Gasteiger partial charge in [0.1, 0.15) is 0 Å². The molecule has 1 amide bonds. The van der Waals surface area contributed by atoms with Crippen LogP contribution in [-0.4, -0.2) is 25.7 Å². The molecule has 0 fully saturated rings. The van der Waals surface area contributed by atoms with Gasteiger partial charge in [-0.1, -0.05) is 6.07 Å². The first-order valence-electron chi connectivity index (χ1n) is 8.22. The van der Waals surface area contributed by atoms with E-state index in [0.29, 0.717) is 10.8 Å². The van der Waals surface area contributed by atoms with Crippen molar-refractivity contribution in [3.8, 4) is 16.4 Å². The molecule has 0 aliphatic rings. The summed E-state index contributed by atoms with van der Waals surface area (Å²) in [5.41, 5.74) is 0.653. The Labute approximate surface area is 170 Å². The van der Waals surface area contributed by atoms with Crippen LogP contribution in [0.2, 0.25) is 0 Å². The zero-order chi connectivity index (χ0) is 20.6. The van der Waals surface area contributed by atoms with Crippen molar-refractivity contribution in [1.82, 2.24) is 19.7 Å². The van der Waals surface area contributed by atoms with Crippen LogP contribution in [0.4, 0.5) is 18.3 Å². The Morgan fingerprint density at radius 3 is 2.66 bits per heavy atom. The van der Waals surface area contributed by atoms with E-state index >= 15 is 0 Å². The molecule has 0 unspecified atom stereocenters. The number of carbonyl (C=O) groups excluding carboxylic acids is 1. The van der Waals surface area contributed by atoms with E-state index in [1.54, 1.807) is 18.3 Å². The molecular weight excluding hydrogens is 423 g/mol. The van der Waals surface area contributed by atoms with Crippen LogP contribution in [0.3, 0.4) is 0 Å². The maximum Gasteiger partial charge on any atom is 0.417 e. The van der Waals surface area contributed by atoms with E-state index in [2.05, 4.69) is 20.4 Å². The van der Waals surface area contributed by atoms with Crippen molar-refractivity contribution in [2.75, 3.05) is 5.32 Å². The lowest BCUT2D eigenvalue weighted by molar-refractivity contribution is -0.137. The second-order valence-corrected chi connectivity index (χ2v) is 7.73. The molecule has 148 valence electrons. The van der Waals surface area contributed by atoms with E-state index in [-0.39, 0.29) is 11.4 Å². The van der Waals surface area contributed by atoms with Gasteiger partial charge in [-0.25, -0.2) is 14.6 Å². The van der Waals surface area contributed by atoms with E-state index in [0.717, 1.165) is 22.8 Å². The van der Waals surface area contributed by atoms with Crippen LogP contribution in [0.5, 0.6) is 0 Å². The largest absolute Gasteiger partial charge is 0.417 e. The SMILES string of the molecule is Cc1c(C(=O)Nc2nc(-c3cccs3)cs2)cnn1-c1ccc(C(F)(F)F)cn1. The molecule has 0 aromatic carbocycles. The molecule has 0 spiro atoms. The molecule has 11 heteroatoms. The number of halogens is 3. The Kier molecular flexibility index (Phi) is 4.92. The normalized spacial score (nSPS) is 11.6. The Morgan fingerprint density at radius 2 is 2.00 bits per heavy atom. The number of aromatic nitrogens is 4. The van der Waals surface area contributed by atoms with Gasteiger partial charge < -0.3 is 0 Å². The predicted molar refractivity (Wildman–Crippen MR) is 104 cm³/mol. The molecule has 29 heavy (non-hydrogen) atoms. The fourth-order valence-corrected chi connectivity index (χ4v) is 4.04. The molecule has 1 N–H and O–H groups in total. The highest BCUT2D eigenvalue weighted by Gasteiger charge is 2.30. The number of carbonyl (C=O) groups is 1. The van der Waals surface area contributed by atoms with E-state index < -0.39 is 17.6 Å². The van der Waals surface area contributed by atoms with Crippen molar-refractivity contribution in [2.24, 2.45) is 0 Å². The first kappa shape index (κ1) is 19.3. The van der Waals surface area contributed by atoms with Crippen LogP contribution >= 0.6 is 22.7 Å². The minimum atomic E-state index is -4.47. The third kappa shape index (κ3) is 3.91. The van der Waals surface area contributed by atoms with Gasteiger partial charge in [0.15, 0.2) is 10.9 Å². The van der Waals surface area contributed by atoms with Crippen LogP contribution in [0.1, 0.15) is 21.6 Å². The third-order valence-corrected chi connectivity index (χ3v) is 5.69.